The van der Waals surface area contributed by atoms with E-state index in [-0.39, 0.29) is 11.5 Å². The molecule has 0 heterocycles. The summed E-state index contributed by atoms with van der Waals surface area (Å²) in [5.41, 5.74) is 0. The van der Waals surface area contributed by atoms with E-state index >= 15 is 0 Å². The lowest BCUT2D eigenvalue weighted by atomic mass is 10.1. The first-order valence-corrected chi connectivity index (χ1v) is 8.18. The van der Waals surface area contributed by atoms with E-state index in [9.17, 15) is 5.11 Å². The first-order chi connectivity index (χ1) is 14.6. The Morgan fingerprint density at radius 3 is 1.62 bits per heavy atom. The lowest BCUT2D eigenvalue weighted by Gasteiger charge is -2.15. The molecule has 3 nitrogen and oxygen atoms in total. The van der Waals surface area contributed by atoms with Gasteiger partial charge in [0.2, 0.25) is 0 Å². The van der Waals surface area contributed by atoms with Crippen LogP contribution >= 0.6 is 0 Å². The molecule has 0 saturated carbocycles. The van der Waals surface area contributed by atoms with Crippen molar-refractivity contribution in [3.8, 4) is 11.5 Å². The molecule has 0 aromatic heterocycles. The molecule has 0 saturated heterocycles. The quantitative estimate of drug-likeness (QED) is 0.543. The number of hydrogen-bond donors (Lipinski definition) is 1. The molecular formula is C23H20O3. The largest absolute Gasteiger partial charge is 0.490 e. The van der Waals surface area contributed by atoms with Crippen LogP contribution in [0.5, 0.6) is 11.5 Å². The van der Waals surface area contributed by atoms with Crippen LogP contribution in [0, 0.1) is 0 Å². The van der Waals surface area contributed by atoms with Gasteiger partial charge in [0, 0.05) is 10.8 Å². The summed E-state index contributed by atoms with van der Waals surface area (Å²) < 4.78 is 51.8. The maximum atomic E-state index is 10.7. The summed E-state index contributed by atoms with van der Waals surface area (Å²) in [6, 6.07) is 24.1. The van der Waals surface area contributed by atoms with E-state index in [2.05, 4.69) is 0 Å². The average Bonchev–Trinajstić information content (AvgIpc) is 2.74. The number of ether oxygens (including phenoxy) is 2. The number of aliphatic hydroxyl groups is 1. The Hall–Kier alpha value is -3.04. The molecule has 0 radical (unpaired) electrons. The average molecular weight is 349 g/mol. The van der Waals surface area contributed by atoms with Crippen LogP contribution in [0.4, 0.5) is 0 Å². The van der Waals surface area contributed by atoms with E-state index in [1.54, 1.807) is 36.4 Å². The van der Waals surface area contributed by atoms with Gasteiger partial charge in [-0.2, -0.15) is 0 Å². The van der Waals surface area contributed by atoms with Gasteiger partial charge >= 0.3 is 0 Å². The first kappa shape index (κ1) is 11.6. The fourth-order valence-corrected chi connectivity index (χ4v) is 2.80. The van der Waals surface area contributed by atoms with Gasteiger partial charge in [0.15, 0.2) is 0 Å². The van der Waals surface area contributed by atoms with Gasteiger partial charge < -0.3 is 14.6 Å². The second-order valence-electron chi connectivity index (χ2n) is 5.71. The van der Waals surface area contributed by atoms with Crippen molar-refractivity contribution in [2.45, 2.75) is 6.08 Å². The molecule has 4 aromatic carbocycles. The third kappa shape index (κ3) is 3.48. The maximum Gasteiger partial charge on any atom is 0.127 e. The van der Waals surface area contributed by atoms with Crippen molar-refractivity contribution in [1.29, 1.82) is 0 Å². The number of hydrogen-bond acceptors (Lipinski definition) is 3. The van der Waals surface area contributed by atoms with Gasteiger partial charge in [0.1, 0.15) is 30.7 Å². The zero-order valence-corrected chi connectivity index (χ0v) is 13.8. The minimum Gasteiger partial charge on any atom is -0.490 e. The van der Waals surface area contributed by atoms with Crippen molar-refractivity contribution in [3.05, 3.63) is 84.9 Å². The van der Waals surface area contributed by atoms with E-state index in [4.69, 9.17) is 16.3 Å². The lowest BCUT2D eigenvalue weighted by molar-refractivity contribution is 0.0637. The molecule has 0 atom stereocenters. The Kier molecular flexibility index (Phi) is 3.31. The third-order valence-electron chi connectivity index (χ3n) is 4.01. The summed E-state index contributed by atoms with van der Waals surface area (Å²) in [6.07, 6.45) is -3.41. The zero-order valence-electron chi connectivity index (χ0n) is 18.8. The summed E-state index contributed by atoms with van der Waals surface area (Å²) in [6.45, 7) is -6.30. The molecule has 3 heteroatoms. The fourth-order valence-electron chi connectivity index (χ4n) is 2.80. The Morgan fingerprint density at radius 2 is 1.12 bits per heavy atom. The number of benzene rings is 4. The monoisotopic (exact) mass is 349 g/mol. The van der Waals surface area contributed by atoms with Crippen molar-refractivity contribution in [2.24, 2.45) is 0 Å². The van der Waals surface area contributed by atoms with Gasteiger partial charge in [-0.05, 0) is 22.9 Å². The molecular weight excluding hydrogens is 324 g/mol. The zero-order chi connectivity index (χ0) is 22.3. The van der Waals surface area contributed by atoms with E-state index < -0.39 is 19.2 Å². The van der Waals surface area contributed by atoms with Crippen LogP contribution in [0.15, 0.2) is 84.9 Å². The van der Waals surface area contributed by atoms with Crippen LogP contribution < -0.4 is 9.47 Å². The Labute approximate surface area is 159 Å². The summed E-state index contributed by atoms with van der Waals surface area (Å²) in [5, 5.41) is 13.4. The van der Waals surface area contributed by atoms with Crippen LogP contribution in [-0.2, 0) is 0 Å². The Balaban J connectivity index is 1.67. The number of rotatable bonds is 6. The molecule has 130 valence electrons. The maximum absolute atomic E-state index is 10.7. The van der Waals surface area contributed by atoms with Crippen LogP contribution in [0.2, 0.25) is 0 Å². The second-order valence-corrected chi connectivity index (χ2v) is 5.71. The van der Waals surface area contributed by atoms with Crippen molar-refractivity contribution >= 4 is 21.5 Å². The van der Waals surface area contributed by atoms with Crippen LogP contribution in [-0.4, -0.2) is 24.3 Å². The molecule has 0 fully saturated rings. The molecule has 0 aliphatic carbocycles. The van der Waals surface area contributed by atoms with Crippen molar-refractivity contribution < 1.29 is 21.4 Å². The molecule has 26 heavy (non-hydrogen) atoms. The molecule has 4 aromatic rings. The predicted octanol–water partition coefficient (Wildman–Crippen LogP) is 4.81. The summed E-state index contributed by atoms with van der Waals surface area (Å²) in [4.78, 5) is 0. The highest BCUT2D eigenvalue weighted by Gasteiger charge is 2.10. The molecule has 0 aliphatic rings. The van der Waals surface area contributed by atoms with E-state index in [0.717, 1.165) is 10.8 Å². The topological polar surface area (TPSA) is 38.7 Å². The van der Waals surface area contributed by atoms with Gasteiger partial charge in [-0.25, -0.2) is 0 Å². The SMILES string of the molecule is [2H]C([2H])(Oc1cccc2ccccc12)C([2H])(O)C([2H])([2H])Oc1cccc2ccccc12. The third-order valence-corrected chi connectivity index (χ3v) is 4.01. The fraction of sp³-hybridized carbons (Fsp3) is 0.130. The predicted molar refractivity (Wildman–Crippen MR) is 105 cm³/mol. The lowest BCUT2D eigenvalue weighted by Crippen LogP contribution is -2.25. The second kappa shape index (κ2) is 7.46. The Morgan fingerprint density at radius 1 is 0.692 bits per heavy atom. The van der Waals surface area contributed by atoms with Crippen molar-refractivity contribution in [2.75, 3.05) is 13.1 Å². The molecule has 0 spiro atoms. The van der Waals surface area contributed by atoms with Gasteiger partial charge in [-0.15, -0.1) is 0 Å². The molecule has 0 aliphatic heterocycles. The van der Waals surface area contributed by atoms with Gasteiger partial charge in [-0.3, -0.25) is 0 Å². The highest BCUT2D eigenvalue weighted by molar-refractivity contribution is 5.88. The van der Waals surface area contributed by atoms with Crippen LogP contribution in [0.1, 0.15) is 6.85 Å². The summed E-state index contributed by atoms with van der Waals surface area (Å²) >= 11 is 0. The number of fused-ring (bicyclic) bond motifs is 2. The van der Waals surface area contributed by atoms with Crippen molar-refractivity contribution in [1.82, 2.24) is 0 Å². The normalized spacial score (nSPS) is 15.5. The van der Waals surface area contributed by atoms with E-state index in [1.165, 1.54) is 12.1 Å². The summed E-state index contributed by atoms with van der Waals surface area (Å²) in [7, 11) is 0. The molecule has 0 bridgehead atoms. The smallest absolute Gasteiger partial charge is 0.127 e. The van der Waals surface area contributed by atoms with E-state index in [0.29, 0.717) is 10.8 Å². The molecule has 0 unspecified atom stereocenters. The Bertz CT molecular complexity index is 1130. The van der Waals surface area contributed by atoms with Gasteiger partial charge in [0.05, 0.1) is 6.85 Å². The molecule has 4 rings (SSSR count). The molecule has 1 N–H and O–H groups in total. The van der Waals surface area contributed by atoms with Crippen molar-refractivity contribution in [3.63, 3.8) is 0 Å². The minimum absolute atomic E-state index is 0.0785. The standard InChI is InChI=1S/C23H20O3/c24-19(15-25-22-13-5-9-17-7-1-3-11-20(17)22)16-26-23-14-6-10-18-8-2-4-12-21(18)23/h1-14,19,24H,15-16H2/i15D2,16D2,19D. The summed E-state index contributed by atoms with van der Waals surface area (Å²) in [5.74, 6) is 0.157. The molecule has 0 amide bonds. The van der Waals surface area contributed by atoms with Crippen LogP contribution in [0.3, 0.4) is 0 Å². The highest BCUT2D eigenvalue weighted by Crippen LogP contribution is 2.26. The van der Waals surface area contributed by atoms with Crippen LogP contribution in [0.25, 0.3) is 21.5 Å². The first-order valence-electron chi connectivity index (χ1n) is 10.7. The van der Waals surface area contributed by atoms with Gasteiger partial charge in [-0.1, -0.05) is 72.8 Å². The van der Waals surface area contributed by atoms with Gasteiger partial charge in [0.25, 0.3) is 0 Å². The minimum atomic E-state index is -3.41. The van der Waals surface area contributed by atoms with E-state index in [1.807, 2.05) is 36.4 Å². The highest BCUT2D eigenvalue weighted by atomic mass is 16.5.